The highest BCUT2D eigenvalue weighted by molar-refractivity contribution is 7.88. The lowest BCUT2D eigenvalue weighted by Crippen LogP contribution is -2.43. The minimum absolute atomic E-state index is 0.137. The van der Waals surface area contributed by atoms with Crippen LogP contribution in [0.1, 0.15) is 18.4 Å². The predicted octanol–water partition coefficient (Wildman–Crippen LogP) is 2.33. The number of sulfonamides is 1. The molecule has 0 radical (unpaired) electrons. The Morgan fingerprint density at radius 2 is 2.15 bits per heavy atom. The second-order valence-corrected chi connectivity index (χ2v) is 8.95. The zero-order chi connectivity index (χ0) is 19.6. The van der Waals surface area contributed by atoms with E-state index in [1.807, 2.05) is 0 Å². The molecule has 10 heteroatoms. The van der Waals surface area contributed by atoms with Crippen molar-refractivity contribution >= 4 is 33.3 Å². The quantitative estimate of drug-likeness (QED) is 0.813. The normalized spacial score (nSPS) is 18.4. The molecule has 1 amide bonds. The van der Waals surface area contributed by atoms with Crippen LogP contribution >= 0.6 is 11.6 Å². The Kier molecular flexibility index (Phi) is 5.83. The van der Waals surface area contributed by atoms with Gasteiger partial charge < -0.3 is 5.32 Å². The number of benzene rings is 1. The number of anilines is 1. The van der Waals surface area contributed by atoms with Crippen molar-refractivity contribution in [3.63, 3.8) is 0 Å². The number of hydrogen-bond acceptors (Lipinski definition) is 4. The smallest absolute Gasteiger partial charge is 0.230 e. The van der Waals surface area contributed by atoms with Crippen molar-refractivity contribution in [1.29, 1.82) is 0 Å². The Morgan fingerprint density at radius 3 is 2.85 bits per heavy atom. The van der Waals surface area contributed by atoms with E-state index in [9.17, 15) is 17.6 Å². The van der Waals surface area contributed by atoms with E-state index in [0.29, 0.717) is 24.9 Å². The van der Waals surface area contributed by atoms with Gasteiger partial charge in [-0.25, -0.2) is 17.1 Å². The van der Waals surface area contributed by atoms with Crippen LogP contribution in [-0.2, 0) is 21.4 Å². The first-order chi connectivity index (χ1) is 12.7. The summed E-state index contributed by atoms with van der Waals surface area (Å²) in [6, 6.07) is 6.33. The summed E-state index contributed by atoms with van der Waals surface area (Å²) in [4.78, 5) is 12.5. The zero-order valence-electron chi connectivity index (χ0n) is 14.7. The molecule has 0 bridgehead atoms. The maximum absolute atomic E-state index is 13.8. The van der Waals surface area contributed by atoms with Gasteiger partial charge in [0.25, 0.3) is 0 Å². The molecule has 1 aromatic heterocycles. The Morgan fingerprint density at radius 1 is 1.41 bits per heavy atom. The first-order valence-electron chi connectivity index (χ1n) is 8.46. The molecule has 0 saturated carbocycles. The highest BCUT2D eigenvalue weighted by Crippen LogP contribution is 2.24. The maximum atomic E-state index is 13.8. The van der Waals surface area contributed by atoms with Crippen LogP contribution in [0.2, 0.25) is 5.02 Å². The van der Waals surface area contributed by atoms with Gasteiger partial charge in [-0.2, -0.15) is 5.10 Å². The molecule has 0 unspecified atom stereocenters. The van der Waals surface area contributed by atoms with Crippen LogP contribution in [0.25, 0.3) is 0 Å². The summed E-state index contributed by atoms with van der Waals surface area (Å²) < 4.78 is 39.9. The van der Waals surface area contributed by atoms with Gasteiger partial charge in [-0.15, -0.1) is 0 Å². The van der Waals surface area contributed by atoms with Gasteiger partial charge in [0.1, 0.15) is 10.8 Å². The summed E-state index contributed by atoms with van der Waals surface area (Å²) in [6.07, 6.45) is 3.84. The van der Waals surface area contributed by atoms with Crippen LogP contribution in [0.5, 0.6) is 0 Å². The van der Waals surface area contributed by atoms with E-state index in [1.165, 1.54) is 21.3 Å². The average molecular weight is 415 g/mol. The molecule has 1 aliphatic rings. The molecule has 0 aliphatic carbocycles. The summed E-state index contributed by atoms with van der Waals surface area (Å²) in [6.45, 7) is 0.729. The number of halogens is 2. The SMILES string of the molecule is CS(=O)(=O)N1CCC[C@@H](C(=O)Nc2nn(Cc3ccccc3F)cc2Cl)C1. The number of amides is 1. The standard InChI is InChI=1S/C17H20ClFN4O3S/c1-27(25,26)23-8-4-6-13(10-23)17(24)20-16-14(18)11-22(21-16)9-12-5-2-3-7-15(12)19/h2-3,5,7,11,13H,4,6,8-10H2,1H3,(H,20,21,24)/t13-/m1/s1. The molecular weight excluding hydrogens is 395 g/mol. The molecule has 1 N–H and O–H groups in total. The van der Waals surface area contributed by atoms with E-state index < -0.39 is 15.9 Å². The number of hydrogen-bond donors (Lipinski definition) is 1. The van der Waals surface area contributed by atoms with Gasteiger partial charge in [0, 0.05) is 24.8 Å². The summed E-state index contributed by atoms with van der Waals surface area (Å²) in [5, 5.41) is 7.09. The van der Waals surface area contributed by atoms with E-state index in [4.69, 9.17) is 11.6 Å². The van der Waals surface area contributed by atoms with Crippen LogP contribution in [0.3, 0.4) is 0 Å². The van der Waals surface area contributed by atoms with Crippen molar-refractivity contribution in [3.8, 4) is 0 Å². The Balaban J connectivity index is 1.68. The minimum Gasteiger partial charge on any atom is -0.308 e. The number of nitrogens with one attached hydrogen (secondary N) is 1. The second-order valence-electron chi connectivity index (χ2n) is 6.56. The Labute approximate surface area is 162 Å². The molecule has 2 heterocycles. The molecule has 1 fully saturated rings. The van der Waals surface area contributed by atoms with E-state index in [0.717, 1.165) is 6.26 Å². The van der Waals surface area contributed by atoms with Gasteiger partial charge in [0.05, 0.1) is 18.7 Å². The highest BCUT2D eigenvalue weighted by Gasteiger charge is 2.30. The first kappa shape index (κ1) is 19.8. The van der Waals surface area contributed by atoms with Gasteiger partial charge in [-0.1, -0.05) is 29.8 Å². The summed E-state index contributed by atoms with van der Waals surface area (Å²) in [5.41, 5.74) is 0.450. The predicted molar refractivity (Wildman–Crippen MR) is 101 cm³/mol. The van der Waals surface area contributed by atoms with Gasteiger partial charge in [-0.3, -0.25) is 9.48 Å². The van der Waals surface area contributed by atoms with Crippen LogP contribution in [0.15, 0.2) is 30.5 Å². The molecule has 3 rings (SSSR count). The van der Waals surface area contributed by atoms with Crippen molar-refractivity contribution in [3.05, 3.63) is 46.9 Å². The van der Waals surface area contributed by atoms with Gasteiger partial charge in [0.2, 0.25) is 15.9 Å². The average Bonchev–Trinajstić information content (AvgIpc) is 2.95. The third-order valence-electron chi connectivity index (χ3n) is 4.47. The molecule has 1 atom stereocenters. The van der Waals surface area contributed by atoms with Crippen molar-refractivity contribution in [2.75, 3.05) is 24.7 Å². The Hall–Kier alpha value is -1.97. The van der Waals surface area contributed by atoms with Gasteiger partial charge in [-0.05, 0) is 18.9 Å². The fourth-order valence-corrected chi connectivity index (χ4v) is 4.15. The fourth-order valence-electron chi connectivity index (χ4n) is 3.04. The number of rotatable bonds is 5. The topological polar surface area (TPSA) is 84.3 Å². The first-order valence-corrected chi connectivity index (χ1v) is 10.7. The van der Waals surface area contributed by atoms with E-state index in [1.54, 1.807) is 18.2 Å². The molecule has 1 aliphatic heterocycles. The van der Waals surface area contributed by atoms with Gasteiger partial charge >= 0.3 is 0 Å². The number of carbonyl (C=O) groups excluding carboxylic acids is 1. The van der Waals surface area contributed by atoms with E-state index in [2.05, 4.69) is 10.4 Å². The lowest BCUT2D eigenvalue weighted by molar-refractivity contribution is -0.120. The summed E-state index contributed by atoms with van der Waals surface area (Å²) in [5.74, 6) is -0.977. The van der Waals surface area contributed by atoms with Crippen LogP contribution < -0.4 is 5.32 Å². The number of aromatic nitrogens is 2. The molecule has 1 saturated heterocycles. The molecule has 27 heavy (non-hydrogen) atoms. The van der Waals surface area contributed by atoms with Crippen molar-refractivity contribution in [2.24, 2.45) is 5.92 Å². The third kappa shape index (κ3) is 4.85. The monoisotopic (exact) mass is 414 g/mol. The molecule has 2 aromatic rings. The highest BCUT2D eigenvalue weighted by atomic mass is 35.5. The molecule has 1 aromatic carbocycles. The molecule has 146 valence electrons. The van der Waals surface area contributed by atoms with Crippen LogP contribution in [0, 0.1) is 11.7 Å². The number of piperidine rings is 1. The fraction of sp³-hybridized carbons (Fsp3) is 0.412. The van der Waals surface area contributed by atoms with Crippen molar-refractivity contribution in [2.45, 2.75) is 19.4 Å². The Bertz CT molecular complexity index is 947. The maximum Gasteiger partial charge on any atom is 0.230 e. The summed E-state index contributed by atoms with van der Waals surface area (Å²) >= 11 is 6.14. The van der Waals surface area contributed by atoms with Crippen LogP contribution in [0.4, 0.5) is 10.2 Å². The lowest BCUT2D eigenvalue weighted by Gasteiger charge is -2.29. The molecular formula is C17H20ClFN4O3S. The lowest BCUT2D eigenvalue weighted by atomic mass is 9.99. The van der Waals surface area contributed by atoms with Gasteiger partial charge in [0.15, 0.2) is 5.82 Å². The van der Waals surface area contributed by atoms with Crippen LogP contribution in [-0.4, -0.2) is 47.8 Å². The van der Waals surface area contributed by atoms with Crippen molar-refractivity contribution in [1.82, 2.24) is 14.1 Å². The third-order valence-corrected chi connectivity index (χ3v) is 6.02. The number of carbonyl (C=O) groups is 1. The zero-order valence-corrected chi connectivity index (χ0v) is 16.3. The van der Waals surface area contributed by atoms with E-state index in [-0.39, 0.29) is 35.7 Å². The summed E-state index contributed by atoms with van der Waals surface area (Å²) in [7, 11) is -3.34. The second kappa shape index (κ2) is 7.95. The number of nitrogens with zero attached hydrogens (tertiary/aromatic N) is 3. The minimum atomic E-state index is -3.34. The largest absolute Gasteiger partial charge is 0.308 e. The molecule has 0 spiro atoms. The van der Waals surface area contributed by atoms with E-state index >= 15 is 0 Å². The molecule has 7 nitrogen and oxygen atoms in total. The van der Waals surface area contributed by atoms with Crippen molar-refractivity contribution < 1.29 is 17.6 Å².